The van der Waals surface area contributed by atoms with Crippen LogP contribution in [-0.4, -0.2) is 37.2 Å². The number of hydrogen-bond donors (Lipinski definition) is 1. The van der Waals surface area contributed by atoms with Crippen molar-refractivity contribution in [2.75, 3.05) is 19.5 Å². The molecule has 1 aliphatic rings. The SMILES string of the molecule is COC(=O)C1=NNC(CBr)=C(C(=O)OC)C1c1ccccc1C(F)(F)F. The average molecular weight is 435 g/mol. The second-order valence-corrected chi connectivity index (χ2v) is 5.70. The summed E-state index contributed by atoms with van der Waals surface area (Å²) in [5.41, 5.74) is 0.857. The van der Waals surface area contributed by atoms with Crippen molar-refractivity contribution in [3.05, 3.63) is 46.7 Å². The average Bonchev–Trinajstić information content (AvgIpc) is 2.64. The molecule has 0 aliphatic carbocycles. The van der Waals surface area contributed by atoms with Gasteiger partial charge in [-0.15, -0.1) is 0 Å². The maximum absolute atomic E-state index is 13.5. The second-order valence-electron chi connectivity index (χ2n) is 5.14. The lowest BCUT2D eigenvalue weighted by atomic mass is 9.82. The Kier molecular flexibility index (Phi) is 6.06. The maximum Gasteiger partial charge on any atom is 0.416 e. The minimum Gasteiger partial charge on any atom is -0.466 e. The highest BCUT2D eigenvalue weighted by atomic mass is 79.9. The number of nitrogens with one attached hydrogen (secondary N) is 1. The van der Waals surface area contributed by atoms with Crippen LogP contribution in [0, 0.1) is 0 Å². The lowest BCUT2D eigenvalue weighted by Gasteiger charge is -2.28. The summed E-state index contributed by atoms with van der Waals surface area (Å²) >= 11 is 3.15. The Morgan fingerprint density at radius 3 is 2.35 bits per heavy atom. The minimum atomic E-state index is -4.70. The van der Waals surface area contributed by atoms with Gasteiger partial charge in [-0.25, -0.2) is 9.59 Å². The number of carbonyl (C=O) groups excluding carboxylic acids is 2. The number of alkyl halides is 4. The van der Waals surface area contributed by atoms with Gasteiger partial charge in [0.25, 0.3) is 0 Å². The van der Waals surface area contributed by atoms with Crippen LogP contribution in [-0.2, 0) is 25.2 Å². The smallest absolute Gasteiger partial charge is 0.416 e. The highest BCUT2D eigenvalue weighted by molar-refractivity contribution is 9.09. The zero-order chi connectivity index (χ0) is 19.5. The number of nitrogens with zero attached hydrogens (tertiary/aromatic N) is 1. The van der Waals surface area contributed by atoms with Gasteiger partial charge in [0.2, 0.25) is 0 Å². The molecule has 1 atom stereocenters. The van der Waals surface area contributed by atoms with Crippen molar-refractivity contribution in [1.82, 2.24) is 5.43 Å². The largest absolute Gasteiger partial charge is 0.466 e. The van der Waals surface area contributed by atoms with E-state index in [1.807, 2.05) is 0 Å². The summed E-state index contributed by atoms with van der Waals surface area (Å²) in [5.74, 6) is -3.25. The van der Waals surface area contributed by atoms with Gasteiger partial charge < -0.3 is 9.47 Å². The van der Waals surface area contributed by atoms with Gasteiger partial charge in [-0.2, -0.15) is 18.3 Å². The summed E-state index contributed by atoms with van der Waals surface area (Å²) < 4.78 is 49.8. The van der Waals surface area contributed by atoms with Crippen LogP contribution in [0.5, 0.6) is 0 Å². The number of benzene rings is 1. The molecule has 1 N–H and O–H groups in total. The number of hydrazone groups is 1. The van der Waals surface area contributed by atoms with Crippen LogP contribution in [0.25, 0.3) is 0 Å². The monoisotopic (exact) mass is 434 g/mol. The van der Waals surface area contributed by atoms with Crippen molar-refractivity contribution in [1.29, 1.82) is 0 Å². The first-order valence-corrected chi connectivity index (χ1v) is 8.33. The maximum atomic E-state index is 13.5. The highest BCUT2D eigenvalue weighted by Crippen LogP contribution is 2.40. The van der Waals surface area contributed by atoms with Gasteiger partial charge in [0.05, 0.1) is 37.0 Å². The Balaban J connectivity index is 2.78. The molecule has 0 aromatic heterocycles. The second kappa shape index (κ2) is 7.90. The lowest BCUT2D eigenvalue weighted by molar-refractivity contribution is -0.139. The van der Waals surface area contributed by atoms with E-state index >= 15 is 0 Å². The Morgan fingerprint density at radius 1 is 1.19 bits per heavy atom. The van der Waals surface area contributed by atoms with E-state index in [-0.39, 0.29) is 27.9 Å². The normalized spacial score (nSPS) is 17.3. The van der Waals surface area contributed by atoms with Crippen LogP contribution in [0.3, 0.4) is 0 Å². The number of allylic oxidation sites excluding steroid dienone is 1. The Labute approximate surface area is 155 Å². The van der Waals surface area contributed by atoms with Gasteiger partial charge in [-0.1, -0.05) is 34.1 Å². The summed E-state index contributed by atoms with van der Waals surface area (Å²) in [5, 5.41) is 3.91. The van der Waals surface area contributed by atoms with Crippen molar-refractivity contribution >= 4 is 33.6 Å². The molecule has 0 amide bonds. The van der Waals surface area contributed by atoms with Gasteiger partial charge in [-0.3, -0.25) is 5.43 Å². The van der Waals surface area contributed by atoms with Crippen LogP contribution < -0.4 is 5.43 Å². The van der Waals surface area contributed by atoms with Crippen LogP contribution in [0.15, 0.2) is 40.6 Å². The Hall–Kier alpha value is -2.36. The lowest BCUT2D eigenvalue weighted by Crippen LogP contribution is -2.37. The standard InChI is InChI=1S/C16H14BrF3N2O4/c1-25-14(23)12-10(7-17)21-22-13(15(24)26-2)11(12)8-5-3-4-6-9(8)16(18,19)20/h3-6,11,21H,7H2,1-2H3. The van der Waals surface area contributed by atoms with Crippen LogP contribution >= 0.6 is 15.9 Å². The molecule has 1 aromatic carbocycles. The zero-order valence-electron chi connectivity index (χ0n) is 13.7. The third-order valence-electron chi connectivity index (χ3n) is 3.71. The molecule has 2 rings (SSSR count). The molecule has 1 heterocycles. The third kappa shape index (κ3) is 3.74. The summed E-state index contributed by atoms with van der Waals surface area (Å²) in [7, 11) is 2.16. The predicted octanol–water partition coefficient (Wildman–Crippen LogP) is 2.74. The molecule has 0 saturated carbocycles. The van der Waals surface area contributed by atoms with E-state index in [0.29, 0.717) is 0 Å². The number of rotatable bonds is 4. The molecule has 1 aromatic rings. The van der Waals surface area contributed by atoms with Crippen molar-refractivity contribution < 1.29 is 32.2 Å². The van der Waals surface area contributed by atoms with E-state index in [2.05, 4.69) is 31.2 Å². The summed E-state index contributed by atoms with van der Waals surface area (Å²) in [6.07, 6.45) is -4.70. The van der Waals surface area contributed by atoms with Crippen LogP contribution in [0.1, 0.15) is 17.0 Å². The first-order valence-electron chi connectivity index (χ1n) is 7.21. The number of methoxy groups -OCH3 is 2. The zero-order valence-corrected chi connectivity index (χ0v) is 15.3. The molecule has 140 valence electrons. The van der Waals surface area contributed by atoms with Crippen molar-refractivity contribution in [3.63, 3.8) is 0 Å². The van der Waals surface area contributed by atoms with Crippen molar-refractivity contribution in [2.45, 2.75) is 12.1 Å². The molecular weight excluding hydrogens is 421 g/mol. The van der Waals surface area contributed by atoms with Crippen LogP contribution in [0.4, 0.5) is 13.2 Å². The number of ether oxygens (including phenoxy) is 2. The minimum absolute atomic E-state index is 0.0834. The van der Waals surface area contributed by atoms with Crippen molar-refractivity contribution in [3.8, 4) is 0 Å². The van der Waals surface area contributed by atoms with Gasteiger partial charge in [0.15, 0.2) is 5.71 Å². The van der Waals surface area contributed by atoms with Gasteiger partial charge in [0, 0.05) is 5.33 Å². The molecule has 1 aliphatic heterocycles. The number of halogens is 4. The molecule has 6 nitrogen and oxygen atoms in total. The van der Waals surface area contributed by atoms with Gasteiger partial charge in [0.1, 0.15) is 0 Å². The molecule has 0 saturated heterocycles. The van der Waals surface area contributed by atoms with Gasteiger partial charge >= 0.3 is 18.1 Å². The van der Waals surface area contributed by atoms with E-state index in [1.165, 1.54) is 18.2 Å². The first-order chi connectivity index (χ1) is 12.3. The fourth-order valence-electron chi connectivity index (χ4n) is 2.59. The Bertz CT molecular complexity index is 790. The molecule has 1 unspecified atom stereocenters. The van der Waals surface area contributed by atoms with E-state index in [9.17, 15) is 22.8 Å². The quantitative estimate of drug-likeness (QED) is 0.582. The number of hydrogen-bond acceptors (Lipinski definition) is 6. The number of esters is 2. The predicted molar refractivity (Wildman–Crippen MR) is 89.6 cm³/mol. The molecule has 0 radical (unpaired) electrons. The van der Waals surface area contributed by atoms with E-state index < -0.39 is 29.6 Å². The topological polar surface area (TPSA) is 77.0 Å². The molecule has 0 spiro atoms. The van der Waals surface area contributed by atoms with Crippen molar-refractivity contribution in [2.24, 2.45) is 5.10 Å². The summed E-state index contributed by atoms with van der Waals surface area (Å²) in [4.78, 5) is 24.4. The van der Waals surface area contributed by atoms with Gasteiger partial charge in [-0.05, 0) is 11.6 Å². The van der Waals surface area contributed by atoms with E-state index in [1.54, 1.807) is 0 Å². The molecule has 0 bridgehead atoms. The fourth-order valence-corrected chi connectivity index (χ4v) is 3.02. The first kappa shape index (κ1) is 20.0. The number of carbonyl (C=O) groups is 2. The summed E-state index contributed by atoms with van der Waals surface area (Å²) in [6.45, 7) is 0. The molecule has 26 heavy (non-hydrogen) atoms. The Morgan fingerprint density at radius 2 is 1.81 bits per heavy atom. The molecular formula is C16H14BrF3N2O4. The van der Waals surface area contributed by atoms with E-state index in [0.717, 1.165) is 20.3 Å². The fraction of sp³-hybridized carbons (Fsp3) is 0.312. The van der Waals surface area contributed by atoms with Crippen LogP contribution in [0.2, 0.25) is 0 Å². The summed E-state index contributed by atoms with van der Waals surface area (Å²) in [6, 6.07) is 4.65. The molecule has 10 heteroatoms. The van der Waals surface area contributed by atoms with E-state index in [4.69, 9.17) is 4.74 Å². The molecule has 0 fully saturated rings. The third-order valence-corrected chi connectivity index (χ3v) is 4.27. The highest BCUT2D eigenvalue weighted by Gasteiger charge is 2.43.